The normalized spacial score (nSPS) is 31.8. The molecule has 5 nitrogen and oxygen atoms in total. The van der Waals surface area contributed by atoms with Gasteiger partial charge < -0.3 is 13.9 Å². The number of hydrogen-bond donors (Lipinski definition) is 0. The lowest BCUT2D eigenvalue weighted by Crippen LogP contribution is -2.53. The van der Waals surface area contributed by atoms with Gasteiger partial charge in [-0.3, -0.25) is 9.59 Å². The fourth-order valence-electron chi connectivity index (χ4n) is 2.57. The first-order valence-corrected chi connectivity index (χ1v) is 6.77. The number of ether oxygens (including phenoxy) is 2. The average Bonchev–Trinajstić information content (AvgIpc) is 2.95. The van der Waals surface area contributed by atoms with E-state index in [4.69, 9.17) is 13.9 Å². The van der Waals surface area contributed by atoms with Crippen molar-refractivity contribution in [2.24, 2.45) is 0 Å². The van der Waals surface area contributed by atoms with Gasteiger partial charge in [-0.1, -0.05) is 6.58 Å². The molecule has 3 atom stereocenters. The zero-order valence-electron chi connectivity index (χ0n) is 11.7. The molecule has 0 aromatic carbocycles. The molecule has 0 N–H and O–H groups in total. The van der Waals surface area contributed by atoms with Gasteiger partial charge in [0, 0.05) is 12.0 Å². The number of fused-ring (bicyclic) bond motifs is 1. The lowest BCUT2D eigenvalue weighted by molar-refractivity contribution is -0.196. The molecule has 21 heavy (non-hydrogen) atoms. The van der Waals surface area contributed by atoms with Crippen molar-refractivity contribution in [2.45, 2.75) is 31.2 Å². The summed E-state index contributed by atoms with van der Waals surface area (Å²) in [4.78, 5) is 22.2. The Morgan fingerprint density at radius 3 is 3.00 bits per heavy atom. The number of allylic oxidation sites excluding steroid dienone is 1. The van der Waals surface area contributed by atoms with Crippen molar-refractivity contribution >= 4 is 17.6 Å². The highest BCUT2D eigenvalue weighted by Crippen LogP contribution is 2.35. The Labute approximate surface area is 122 Å². The highest BCUT2D eigenvalue weighted by molar-refractivity contribution is 5.91. The Hall–Kier alpha value is -1.98. The zero-order chi connectivity index (χ0) is 15.0. The van der Waals surface area contributed by atoms with Crippen LogP contribution >= 0.6 is 0 Å². The van der Waals surface area contributed by atoms with Crippen LogP contribution in [0, 0.1) is 0 Å². The minimum Gasteiger partial charge on any atom is -0.454 e. The monoisotopic (exact) mass is 288 g/mol. The van der Waals surface area contributed by atoms with E-state index in [1.54, 1.807) is 18.2 Å². The Balaban J connectivity index is 1.77. The van der Waals surface area contributed by atoms with Crippen molar-refractivity contribution in [3.8, 4) is 0 Å². The number of carbonyl (C=O) groups excluding carboxylic acids is 2. The van der Waals surface area contributed by atoms with Crippen LogP contribution in [-0.2, 0) is 14.3 Å². The topological polar surface area (TPSA) is 65.7 Å². The third kappa shape index (κ3) is 2.50. The smallest absolute Gasteiger partial charge is 0.185 e. The molecule has 0 unspecified atom stereocenters. The average molecular weight is 288 g/mol. The number of furan rings is 1. The first-order valence-electron chi connectivity index (χ1n) is 6.77. The van der Waals surface area contributed by atoms with Gasteiger partial charge in [0.1, 0.15) is 17.5 Å². The summed E-state index contributed by atoms with van der Waals surface area (Å²) in [6.07, 6.45) is 3.47. The first kappa shape index (κ1) is 14.0. The van der Waals surface area contributed by atoms with Crippen LogP contribution in [0.1, 0.15) is 29.7 Å². The van der Waals surface area contributed by atoms with Gasteiger partial charge in [0.25, 0.3) is 0 Å². The van der Waals surface area contributed by atoms with Gasteiger partial charge >= 0.3 is 0 Å². The Morgan fingerprint density at radius 2 is 2.29 bits per heavy atom. The maximum Gasteiger partial charge on any atom is 0.185 e. The van der Waals surface area contributed by atoms with E-state index in [0.29, 0.717) is 24.2 Å². The fraction of sp³-hybridized carbons (Fsp3) is 0.375. The molecule has 0 amide bonds. The van der Waals surface area contributed by atoms with E-state index < -0.39 is 11.7 Å². The molecule has 1 fully saturated rings. The van der Waals surface area contributed by atoms with E-state index in [1.807, 2.05) is 6.92 Å². The maximum absolute atomic E-state index is 11.5. The number of rotatable bonds is 3. The standard InChI is InChI=1S/C16H16O5/c1-10(13-4-3-12(8-17)20-13)14-9-19-16(2)6-5-11(18)7-15(16)21-14/h3-6,8,14-15H,1,7,9H2,2H3/t14-,15-,16+/m1/s1. The summed E-state index contributed by atoms with van der Waals surface area (Å²) >= 11 is 0. The molecule has 1 aliphatic carbocycles. The Kier molecular flexibility index (Phi) is 3.39. The van der Waals surface area contributed by atoms with Crippen LogP contribution in [0.4, 0.5) is 0 Å². The van der Waals surface area contributed by atoms with Crippen LogP contribution in [0.3, 0.4) is 0 Å². The van der Waals surface area contributed by atoms with Gasteiger partial charge in [-0.05, 0) is 31.2 Å². The quantitative estimate of drug-likeness (QED) is 0.798. The van der Waals surface area contributed by atoms with E-state index in [1.165, 1.54) is 6.08 Å². The van der Waals surface area contributed by atoms with Crippen LogP contribution in [0.5, 0.6) is 0 Å². The minimum atomic E-state index is -0.582. The Morgan fingerprint density at radius 1 is 1.48 bits per heavy atom. The highest BCUT2D eigenvalue weighted by atomic mass is 16.6. The predicted molar refractivity (Wildman–Crippen MR) is 74.9 cm³/mol. The van der Waals surface area contributed by atoms with Gasteiger partial charge in [-0.15, -0.1) is 0 Å². The number of hydrogen-bond acceptors (Lipinski definition) is 5. The number of carbonyl (C=O) groups is 2. The second kappa shape index (κ2) is 5.09. The SMILES string of the molecule is C=C(c1ccc(C=O)o1)[C@H]1CO[C@@]2(C)C=CC(=O)C[C@H]2O1. The van der Waals surface area contributed by atoms with Gasteiger partial charge in [0.05, 0.1) is 12.7 Å². The zero-order valence-corrected chi connectivity index (χ0v) is 11.7. The van der Waals surface area contributed by atoms with Crippen molar-refractivity contribution in [1.82, 2.24) is 0 Å². The second-order valence-corrected chi connectivity index (χ2v) is 5.46. The minimum absolute atomic E-state index is 0.0218. The Bertz CT molecular complexity index is 626. The van der Waals surface area contributed by atoms with Crippen molar-refractivity contribution in [1.29, 1.82) is 0 Å². The first-order chi connectivity index (χ1) is 10.0. The van der Waals surface area contributed by atoms with Crippen molar-refractivity contribution in [2.75, 3.05) is 6.61 Å². The third-order valence-electron chi connectivity index (χ3n) is 3.95. The molecule has 0 saturated carbocycles. The van der Waals surface area contributed by atoms with E-state index in [9.17, 15) is 9.59 Å². The van der Waals surface area contributed by atoms with E-state index in [0.717, 1.165) is 0 Å². The second-order valence-electron chi connectivity index (χ2n) is 5.46. The molecule has 0 radical (unpaired) electrons. The molecule has 2 aliphatic rings. The molecule has 0 spiro atoms. The predicted octanol–water partition coefficient (Wildman–Crippen LogP) is 2.18. The summed E-state index contributed by atoms with van der Waals surface area (Å²) in [7, 11) is 0. The third-order valence-corrected chi connectivity index (χ3v) is 3.95. The summed E-state index contributed by atoms with van der Waals surface area (Å²) in [6.45, 7) is 6.18. The van der Waals surface area contributed by atoms with Crippen LogP contribution < -0.4 is 0 Å². The van der Waals surface area contributed by atoms with Crippen molar-refractivity contribution in [3.63, 3.8) is 0 Å². The molecule has 5 heteroatoms. The summed E-state index contributed by atoms with van der Waals surface area (Å²) in [5.41, 5.74) is 0.0223. The number of aldehydes is 1. The van der Waals surface area contributed by atoms with Gasteiger partial charge in [0.15, 0.2) is 17.8 Å². The molecule has 0 bridgehead atoms. The highest BCUT2D eigenvalue weighted by Gasteiger charge is 2.44. The molecule has 1 aliphatic heterocycles. The fourth-order valence-corrected chi connectivity index (χ4v) is 2.57. The van der Waals surface area contributed by atoms with Crippen LogP contribution in [0.2, 0.25) is 0 Å². The van der Waals surface area contributed by atoms with Crippen molar-refractivity contribution < 1.29 is 23.5 Å². The molecule has 3 rings (SSSR count). The van der Waals surface area contributed by atoms with Crippen LogP contribution in [-0.4, -0.2) is 36.5 Å². The van der Waals surface area contributed by atoms with E-state index in [2.05, 4.69) is 6.58 Å². The van der Waals surface area contributed by atoms with Crippen LogP contribution in [0.25, 0.3) is 5.57 Å². The summed E-state index contributed by atoms with van der Waals surface area (Å²) < 4.78 is 17.2. The van der Waals surface area contributed by atoms with Gasteiger partial charge in [-0.25, -0.2) is 0 Å². The molecular weight excluding hydrogens is 272 g/mol. The van der Waals surface area contributed by atoms with Gasteiger partial charge in [0.2, 0.25) is 0 Å². The lowest BCUT2D eigenvalue weighted by Gasteiger charge is -2.44. The summed E-state index contributed by atoms with van der Waals surface area (Å²) in [6, 6.07) is 3.25. The van der Waals surface area contributed by atoms with E-state index >= 15 is 0 Å². The summed E-state index contributed by atoms with van der Waals surface area (Å²) in [5, 5.41) is 0. The lowest BCUT2D eigenvalue weighted by atomic mass is 9.87. The molecular formula is C16H16O5. The number of ketones is 1. The largest absolute Gasteiger partial charge is 0.454 e. The maximum atomic E-state index is 11.5. The molecule has 2 heterocycles. The van der Waals surface area contributed by atoms with Gasteiger partial charge in [-0.2, -0.15) is 0 Å². The molecule has 110 valence electrons. The molecule has 1 aromatic heterocycles. The van der Waals surface area contributed by atoms with Crippen molar-refractivity contribution in [3.05, 3.63) is 42.4 Å². The molecule has 1 saturated heterocycles. The molecule has 1 aromatic rings. The van der Waals surface area contributed by atoms with Crippen LogP contribution in [0.15, 0.2) is 35.3 Å². The summed E-state index contributed by atoms with van der Waals surface area (Å²) in [5.74, 6) is 0.754. The van der Waals surface area contributed by atoms with E-state index in [-0.39, 0.29) is 24.1 Å².